The van der Waals surface area contributed by atoms with Gasteiger partial charge in [0.15, 0.2) is 0 Å². The molecule has 0 bridgehead atoms. The van der Waals surface area contributed by atoms with E-state index in [1.807, 2.05) is 12.1 Å². The molecule has 1 heterocycles. The van der Waals surface area contributed by atoms with E-state index >= 15 is 0 Å². The van der Waals surface area contributed by atoms with Crippen molar-refractivity contribution >= 4 is 34.2 Å². The van der Waals surface area contributed by atoms with Gasteiger partial charge in [0, 0.05) is 28.7 Å². The molecule has 4 rings (SSSR count). The fraction of sp³-hybridized carbons (Fsp3) is 0.0833. The summed E-state index contributed by atoms with van der Waals surface area (Å²) in [5.41, 5.74) is 1.95. The first kappa shape index (κ1) is 20.8. The maximum atomic E-state index is 13.1. The van der Waals surface area contributed by atoms with Crippen molar-refractivity contribution in [2.45, 2.75) is 13.0 Å². The van der Waals surface area contributed by atoms with Crippen molar-refractivity contribution in [2.75, 3.05) is 5.32 Å². The molecular formula is C24H19N3O5. The molecule has 0 radical (unpaired) electrons. The van der Waals surface area contributed by atoms with Crippen LogP contribution in [-0.2, 0) is 9.53 Å². The quantitative estimate of drug-likeness (QED) is 0.256. The van der Waals surface area contributed by atoms with Gasteiger partial charge in [0.25, 0.3) is 11.6 Å². The molecule has 4 aromatic rings. The number of benzene rings is 3. The number of anilines is 1. The number of carbonyl (C=O) groups is 2. The summed E-state index contributed by atoms with van der Waals surface area (Å²) in [4.78, 5) is 39.9. The van der Waals surface area contributed by atoms with Crippen LogP contribution < -0.4 is 5.32 Å². The molecular weight excluding hydrogens is 410 g/mol. The molecule has 0 saturated heterocycles. The summed E-state index contributed by atoms with van der Waals surface area (Å²) < 4.78 is 5.61. The summed E-state index contributed by atoms with van der Waals surface area (Å²) >= 11 is 0. The van der Waals surface area contributed by atoms with Crippen LogP contribution in [0.15, 0.2) is 79.0 Å². The Bertz CT molecular complexity index is 1310. The van der Waals surface area contributed by atoms with E-state index in [1.165, 1.54) is 18.3 Å². The number of H-pyrrole nitrogens is 1. The minimum absolute atomic E-state index is 0.0228. The lowest BCUT2D eigenvalue weighted by molar-refractivity contribution is -0.384. The van der Waals surface area contributed by atoms with Crippen LogP contribution in [0.4, 0.5) is 11.4 Å². The number of fused-ring (bicyclic) bond motifs is 1. The van der Waals surface area contributed by atoms with Gasteiger partial charge in [0.1, 0.15) is 5.69 Å². The maximum Gasteiger partial charge on any atom is 0.341 e. The van der Waals surface area contributed by atoms with Gasteiger partial charge in [-0.1, -0.05) is 54.6 Å². The van der Waals surface area contributed by atoms with Crippen LogP contribution in [0.3, 0.4) is 0 Å². The van der Waals surface area contributed by atoms with Crippen LogP contribution >= 0.6 is 0 Å². The number of rotatable bonds is 6. The molecule has 3 aromatic carbocycles. The first-order valence-corrected chi connectivity index (χ1v) is 9.82. The fourth-order valence-corrected chi connectivity index (χ4v) is 3.41. The van der Waals surface area contributed by atoms with Crippen molar-refractivity contribution in [1.29, 1.82) is 0 Å². The fourth-order valence-electron chi connectivity index (χ4n) is 3.41. The molecule has 160 valence electrons. The summed E-state index contributed by atoms with van der Waals surface area (Å²) in [5, 5.41) is 14.6. The molecule has 0 aliphatic heterocycles. The van der Waals surface area contributed by atoms with Crippen molar-refractivity contribution in [3.8, 4) is 0 Å². The van der Waals surface area contributed by atoms with E-state index in [0.29, 0.717) is 16.5 Å². The van der Waals surface area contributed by atoms with Crippen LogP contribution in [0.5, 0.6) is 0 Å². The molecule has 0 spiro atoms. The number of aromatic amines is 1. The number of aryl methyl sites for hydroxylation is 1. The van der Waals surface area contributed by atoms with Gasteiger partial charge in [0.05, 0.1) is 10.5 Å². The monoisotopic (exact) mass is 429 g/mol. The Labute approximate surface area is 183 Å². The zero-order valence-corrected chi connectivity index (χ0v) is 17.1. The largest absolute Gasteiger partial charge is 0.444 e. The lowest BCUT2D eigenvalue weighted by Crippen LogP contribution is -2.26. The predicted octanol–water partition coefficient (Wildman–Crippen LogP) is 4.92. The van der Waals surface area contributed by atoms with Crippen LogP contribution in [0.2, 0.25) is 0 Å². The van der Waals surface area contributed by atoms with Gasteiger partial charge in [0.2, 0.25) is 6.10 Å². The van der Waals surface area contributed by atoms with Gasteiger partial charge in [-0.15, -0.1) is 0 Å². The Morgan fingerprint density at radius 1 is 1.03 bits per heavy atom. The number of aromatic nitrogens is 1. The molecule has 0 aliphatic carbocycles. The number of hydrogen-bond donors (Lipinski definition) is 2. The topological polar surface area (TPSA) is 114 Å². The van der Waals surface area contributed by atoms with Crippen LogP contribution in [-0.4, -0.2) is 21.8 Å². The summed E-state index contributed by atoms with van der Waals surface area (Å²) in [6.07, 6.45) is 0.218. The van der Waals surface area contributed by atoms with Gasteiger partial charge in [-0.05, 0) is 24.6 Å². The Kier molecular flexibility index (Phi) is 5.67. The van der Waals surface area contributed by atoms with Gasteiger partial charge in [-0.25, -0.2) is 4.79 Å². The second-order valence-electron chi connectivity index (χ2n) is 7.21. The third-order valence-electron chi connectivity index (χ3n) is 4.98. The van der Waals surface area contributed by atoms with E-state index < -0.39 is 22.9 Å². The first-order valence-electron chi connectivity index (χ1n) is 9.82. The molecule has 0 fully saturated rings. The zero-order chi connectivity index (χ0) is 22.7. The number of nitrogens with zero attached hydrogens (tertiary/aromatic N) is 1. The Morgan fingerprint density at radius 3 is 2.50 bits per heavy atom. The standard InChI is InChI=1S/C24H19N3O5/c1-15-11-12-20(21(13-15)27(30)31)26-23(28)22(16-7-3-2-4-8-16)32-24(29)18-14-25-19-10-6-5-9-17(18)19/h2-14,22,25H,1H3,(H,26,28). The van der Waals surface area contributed by atoms with Gasteiger partial charge < -0.3 is 15.0 Å². The summed E-state index contributed by atoms with van der Waals surface area (Å²) in [6.45, 7) is 1.72. The SMILES string of the molecule is Cc1ccc(NC(=O)C(OC(=O)c2c[nH]c3ccccc23)c2ccccc2)c([N+](=O)[O-])c1. The van der Waals surface area contributed by atoms with Crippen molar-refractivity contribution < 1.29 is 19.2 Å². The van der Waals surface area contributed by atoms with E-state index in [4.69, 9.17) is 4.74 Å². The highest BCUT2D eigenvalue weighted by Gasteiger charge is 2.28. The van der Waals surface area contributed by atoms with E-state index in [2.05, 4.69) is 10.3 Å². The summed E-state index contributed by atoms with van der Waals surface area (Å²) in [7, 11) is 0. The molecule has 0 saturated carbocycles. The van der Waals surface area contributed by atoms with Crippen molar-refractivity contribution in [2.24, 2.45) is 0 Å². The van der Waals surface area contributed by atoms with Crippen molar-refractivity contribution in [3.63, 3.8) is 0 Å². The molecule has 1 aromatic heterocycles. The van der Waals surface area contributed by atoms with Crippen molar-refractivity contribution in [1.82, 2.24) is 4.98 Å². The molecule has 8 heteroatoms. The molecule has 8 nitrogen and oxygen atoms in total. The second-order valence-corrected chi connectivity index (χ2v) is 7.21. The normalized spacial score (nSPS) is 11.7. The van der Waals surface area contributed by atoms with E-state index in [1.54, 1.807) is 55.5 Å². The predicted molar refractivity (Wildman–Crippen MR) is 119 cm³/mol. The number of nitrogens with one attached hydrogen (secondary N) is 2. The average molecular weight is 429 g/mol. The second kappa shape index (κ2) is 8.73. The van der Waals surface area contributed by atoms with E-state index in [0.717, 1.165) is 5.52 Å². The Hall–Kier alpha value is -4.46. The number of esters is 1. The lowest BCUT2D eigenvalue weighted by atomic mass is 10.1. The van der Waals surface area contributed by atoms with E-state index in [9.17, 15) is 19.7 Å². The number of nitro benzene ring substituents is 1. The van der Waals surface area contributed by atoms with Crippen molar-refractivity contribution in [3.05, 3.63) is 106 Å². The van der Waals surface area contributed by atoms with Gasteiger partial charge >= 0.3 is 5.97 Å². The van der Waals surface area contributed by atoms with Gasteiger partial charge in [-0.2, -0.15) is 0 Å². The molecule has 1 unspecified atom stereocenters. The number of nitro groups is 1. The molecule has 1 amide bonds. The number of carbonyl (C=O) groups excluding carboxylic acids is 2. The summed E-state index contributed by atoms with van der Waals surface area (Å²) in [6, 6.07) is 20.2. The minimum atomic E-state index is -1.31. The number of hydrogen-bond acceptors (Lipinski definition) is 5. The minimum Gasteiger partial charge on any atom is -0.444 e. The Morgan fingerprint density at radius 2 is 1.75 bits per heavy atom. The number of ether oxygens (including phenoxy) is 1. The van der Waals surface area contributed by atoms with E-state index in [-0.39, 0.29) is 16.9 Å². The highest BCUT2D eigenvalue weighted by molar-refractivity contribution is 6.05. The Balaban J connectivity index is 1.65. The molecule has 0 aliphatic rings. The highest BCUT2D eigenvalue weighted by Crippen LogP contribution is 2.29. The molecule has 2 N–H and O–H groups in total. The summed E-state index contributed by atoms with van der Waals surface area (Å²) in [5.74, 6) is -1.39. The van der Waals surface area contributed by atoms with Gasteiger partial charge in [-0.3, -0.25) is 14.9 Å². The first-order chi connectivity index (χ1) is 15.4. The smallest absolute Gasteiger partial charge is 0.341 e. The highest BCUT2D eigenvalue weighted by atomic mass is 16.6. The molecule has 1 atom stereocenters. The average Bonchev–Trinajstić information content (AvgIpc) is 3.23. The maximum absolute atomic E-state index is 13.1. The third-order valence-corrected chi connectivity index (χ3v) is 4.98. The third kappa shape index (κ3) is 4.20. The van der Waals surface area contributed by atoms with Crippen LogP contribution in [0.1, 0.15) is 27.6 Å². The van der Waals surface area contributed by atoms with Crippen LogP contribution in [0, 0.1) is 17.0 Å². The number of para-hydroxylation sites is 1. The number of amides is 1. The zero-order valence-electron chi connectivity index (χ0n) is 17.1. The van der Waals surface area contributed by atoms with Crippen LogP contribution in [0.25, 0.3) is 10.9 Å². The molecule has 32 heavy (non-hydrogen) atoms. The lowest BCUT2D eigenvalue weighted by Gasteiger charge is -2.18.